The summed E-state index contributed by atoms with van der Waals surface area (Å²) in [4.78, 5) is 14.2. The maximum atomic E-state index is 12.9. The van der Waals surface area contributed by atoms with Crippen LogP contribution in [0, 0.1) is 5.82 Å². The Balaban J connectivity index is 1.65. The van der Waals surface area contributed by atoms with Crippen molar-refractivity contribution in [2.45, 2.75) is 25.3 Å². The van der Waals surface area contributed by atoms with Crippen molar-refractivity contribution in [3.8, 4) is 0 Å². The van der Waals surface area contributed by atoms with Crippen LogP contribution in [0.3, 0.4) is 0 Å². The van der Waals surface area contributed by atoms with Crippen LogP contribution in [0.4, 0.5) is 4.39 Å². The van der Waals surface area contributed by atoms with E-state index in [-0.39, 0.29) is 17.8 Å². The molecule has 0 aromatic heterocycles. The monoisotopic (exact) mass is 274 g/mol. The highest BCUT2D eigenvalue weighted by Gasteiger charge is 2.27. The van der Waals surface area contributed by atoms with Crippen molar-refractivity contribution in [2.75, 3.05) is 19.6 Å². The lowest BCUT2D eigenvalue weighted by Gasteiger charge is -2.29. The van der Waals surface area contributed by atoms with Gasteiger partial charge in [0.25, 0.3) is 0 Å². The molecule has 1 saturated heterocycles. The molecule has 0 spiro atoms. The van der Waals surface area contributed by atoms with E-state index in [1.54, 1.807) is 12.1 Å². The number of halogens is 1. The van der Waals surface area contributed by atoms with Gasteiger partial charge in [-0.2, -0.15) is 0 Å². The van der Waals surface area contributed by atoms with Crippen LogP contribution in [0.1, 0.15) is 24.8 Å². The smallest absolute Gasteiger partial charge is 0.239 e. The number of amides is 1. The average molecular weight is 274 g/mol. The summed E-state index contributed by atoms with van der Waals surface area (Å²) < 4.78 is 12.9. The Morgan fingerprint density at radius 2 is 2.10 bits per heavy atom. The first-order valence-electron chi connectivity index (χ1n) is 7.21. The molecule has 1 aromatic carbocycles. The molecule has 0 aliphatic carbocycles. The van der Waals surface area contributed by atoms with Gasteiger partial charge in [0.05, 0.1) is 6.04 Å². The number of nitrogens with one attached hydrogen (secondary N) is 1. The van der Waals surface area contributed by atoms with Crippen LogP contribution < -0.4 is 5.32 Å². The number of rotatable bonds is 2. The van der Waals surface area contributed by atoms with E-state index in [0.717, 1.165) is 37.9 Å². The molecular weight excluding hydrogens is 255 g/mol. The van der Waals surface area contributed by atoms with Gasteiger partial charge in [-0.05, 0) is 49.1 Å². The molecule has 1 atom stereocenters. The van der Waals surface area contributed by atoms with Crippen LogP contribution in [0.15, 0.2) is 30.3 Å². The van der Waals surface area contributed by atoms with Gasteiger partial charge in [-0.25, -0.2) is 4.39 Å². The van der Waals surface area contributed by atoms with E-state index in [2.05, 4.69) is 11.4 Å². The highest BCUT2D eigenvalue weighted by atomic mass is 19.1. The minimum absolute atomic E-state index is 0.00997. The SMILES string of the molecule is O=C(C1CCCN1)N1CC=C(c2ccc(F)cc2)CC1. The molecule has 3 rings (SSSR count). The Hall–Kier alpha value is -1.68. The molecule has 3 nitrogen and oxygen atoms in total. The van der Waals surface area contributed by atoms with Crippen molar-refractivity contribution in [1.29, 1.82) is 0 Å². The number of carbonyl (C=O) groups is 1. The third-order valence-corrected chi connectivity index (χ3v) is 4.09. The van der Waals surface area contributed by atoms with Crippen LogP contribution in [-0.4, -0.2) is 36.5 Å². The molecule has 0 radical (unpaired) electrons. The van der Waals surface area contributed by atoms with Gasteiger partial charge in [-0.3, -0.25) is 4.79 Å². The third-order valence-electron chi connectivity index (χ3n) is 4.09. The average Bonchev–Trinajstić information content (AvgIpc) is 3.02. The number of carbonyl (C=O) groups excluding carboxylic acids is 1. The first kappa shape index (κ1) is 13.3. The zero-order valence-electron chi connectivity index (χ0n) is 11.4. The summed E-state index contributed by atoms with van der Waals surface area (Å²) >= 11 is 0. The fraction of sp³-hybridized carbons (Fsp3) is 0.438. The molecule has 2 aliphatic heterocycles. The summed E-state index contributed by atoms with van der Waals surface area (Å²) in [5, 5.41) is 3.25. The van der Waals surface area contributed by atoms with Crippen molar-refractivity contribution in [2.24, 2.45) is 0 Å². The minimum Gasteiger partial charge on any atom is -0.337 e. The Bertz CT molecular complexity index is 518. The lowest BCUT2D eigenvalue weighted by molar-refractivity contribution is -0.132. The summed E-state index contributed by atoms with van der Waals surface area (Å²) in [5.41, 5.74) is 2.26. The van der Waals surface area contributed by atoms with Gasteiger partial charge in [0.2, 0.25) is 5.91 Å². The molecule has 106 valence electrons. The Labute approximate surface area is 118 Å². The lowest BCUT2D eigenvalue weighted by atomic mass is 9.99. The molecule has 2 aliphatic rings. The van der Waals surface area contributed by atoms with E-state index >= 15 is 0 Å². The molecule has 1 aromatic rings. The van der Waals surface area contributed by atoms with Gasteiger partial charge >= 0.3 is 0 Å². The van der Waals surface area contributed by atoms with Crippen LogP contribution in [0.2, 0.25) is 0 Å². The Morgan fingerprint density at radius 1 is 1.30 bits per heavy atom. The molecule has 2 heterocycles. The normalized spacial score (nSPS) is 22.8. The largest absolute Gasteiger partial charge is 0.337 e. The molecule has 1 fully saturated rings. The van der Waals surface area contributed by atoms with Crippen molar-refractivity contribution in [1.82, 2.24) is 10.2 Å². The van der Waals surface area contributed by atoms with Crippen LogP contribution >= 0.6 is 0 Å². The molecule has 0 bridgehead atoms. The molecule has 1 amide bonds. The topological polar surface area (TPSA) is 32.3 Å². The van der Waals surface area contributed by atoms with Gasteiger partial charge in [0.15, 0.2) is 0 Å². The van der Waals surface area contributed by atoms with E-state index in [0.29, 0.717) is 6.54 Å². The highest BCUT2D eigenvalue weighted by Crippen LogP contribution is 2.23. The summed E-state index contributed by atoms with van der Waals surface area (Å²) in [5.74, 6) is 0.00572. The molecular formula is C16H19FN2O. The predicted octanol–water partition coefficient (Wildman–Crippen LogP) is 2.19. The molecule has 1 unspecified atom stereocenters. The number of hydrogen-bond donors (Lipinski definition) is 1. The summed E-state index contributed by atoms with van der Waals surface area (Å²) in [6.45, 7) is 2.35. The van der Waals surface area contributed by atoms with Crippen LogP contribution in [0.5, 0.6) is 0 Å². The molecule has 1 N–H and O–H groups in total. The fourth-order valence-electron chi connectivity index (χ4n) is 2.91. The predicted molar refractivity (Wildman–Crippen MR) is 76.6 cm³/mol. The number of hydrogen-bond acceptors (Lipinski definition) is 2. The van der Waals surface area contributed by atoms with Gasteiger partial charge in [-0.15, -0.1) is 0 Å². The number of nitrogens with zero attached hydrogens (tertiary/aromatic N) is 1. The van der Waals surface area contributed by atoms with Crippen molar-refractivity contribution >= 4 is 11.5 Å². The zero-order chi connectivity index (χ0) is 13.9. The molecule has 20 heavy (non-hydrogen) atoms. The highest BCUT2D eigenvalue weighted by molar-refractivity contribution is 5.83. The maximum absolute atomic E-state index is 12.9. The van der Waals surface area contributed by atoms with E-state index in [9.17, 15) is 9.18 Å². The second kappa shape index (κ2) is 5.75. The quantitative estimate of drug-likeness (QED) is 0.896. The zero-order valence-corrected chi connectivity index (χ0v) is 11.4. The van der Waals surface area contributed by atoms with Crippen LogP contribution in [0.25, 0.3) is 5.57 Å². The second-order valence-electron chi connectivity index (χ2n) is 5.42. The Kier molecular flexibility index (Phi) is 3.83. The minimum atomic E-state index is -0.214. The van der Waals surface area contributed by atoms with Crippen molar-refractivity contribution in [3.05, 3.63) is 41.7 Å². The fourth-order valence-corrected chi connectivity index (χ4v) is 2.91. The first-order chi connectivity index (χ1) is 9.74. The first-order valence-corrected chi connectivity index (χ1v) is 7.21. The number of benzene rings is 1. The standard InChI is InChI=1S/C16H19FN2O/c17-14-5-3-12(4-6-14)13-7-10-19(11-8-13)16(20)15-2-1-9-18-15/h3-7,15,18H,1-2,8-11H2. The van der Waals surface area contributed by atoms with Crippen LogP contribution in [-0.2, 0) is 4.79 Å². The van der Waals surface area contributed by atoms with Crippen molar-refractivity contribution < 1.29 is 9.18 Å². The van der Waals surface area contributed by atoms with E-state index in [1.807, 2.05) is 4.90 Å². The third kappa shape index (κ3) is 2.75. The van der Waals surface area contributed by atoms with Gasteiger partial charge in [0.1, 0.15) is 5.82 Å². The second-order valence-corrected chi connectivity index (χ2v) is 5.42. The molecule has 0 saturated carbocycles. The van der Waals surface area contributed by atoms with E-state index in [4.69, 9.17) is 0 Å². The Morgan fingerprint density at radius 3 is 2.70 bits per heavy atom. The summed E-state index contributed by atoms with van der Waals surface area (Å²) in [7, 11) is 0. The van der Waals surface area contributed by atoms with E-state index < -0.39 is 0 Å². The van der Waals surface area contributed by atoms with Gasteiger partial charge in [-0.1, -0.05) is 18.2 Å². The lowest BCUT2D eigenvalue weighted by Crippen LogP contribution is -2.45. The van der Waals surface area contributed by atoms with Gasteiger partial charge in [0, 0.05) is 13.1 Å². The maximum Gasteiger partial charge on any atom is 0.239 e. The van der Waals surface area contributed by atoms with Gasteiger partial charge < -0.3 is 10.2 Å². The summed E-state index contributed by atoms with van der Waals surface area (Å²) in [6, 6.07) is 6.58. The summed E-state index contributed by atoms with van der Waals surface area (Å²) in [6.07, 6.45) is 4.96. The molecule has 4 heteroatoms. The van der Waals surface area contributed by atoms with Crippen molar-refractivity contribution in [3.63, 3.8) is 0 Å². The van der Waals surface area contributed by atoms with E-state index in [1.165, 1.54) is 17.7 Å².